The number of allylic oxidation sites excluding steroid dienone is 1. The Balaban J connectivity index is 1.69. The van der Waals surface area contributed by atoms with E-state index >= 15 is 0 Å². The molecule has 3 rings (SSSR count). The molecule has 1 spiro atoms. The lowest BCUT2D eigenvalue weighted by Crippen LogP contribution is -2.41. The Hall–Kier alpha value is -0.600. The number of nitrogens with zero attached hydrogens (tertiary/aromatic N) is 1. The highest BCUT2D eigenvalue weighted by atomic mass is 79.9. The van der Waals surface area contributed by atoms with Crippen molar-refractivity contribution < 1.29 is 0 Å². The number of benzene rings is 1. The lowest BCUT2D eigenvalue weighted by atomic mass is 9.95. The molecule has 1 heterocycles. The van der Waals surface area contributed by atoms with Crippen LogP contribution in [0.2, 0.25) is 0 Å². The summed E-state index contributed by atoms with van der Waals surface area (Å²) >= 11 is 3.66. The highest BCUT2D eigenvalue weighted by molar-refractivity contribution is 9.10. The number of halogens is 1. The van der Waals surface area contributed by atoms with Crippen molar-refractivity contribution in [3.8, 4) is 0 Å². The summed E-state index contributed by atoms with van der Waals surface area (Å²) in [7, 11) is 0. The largest absolute Gasteiger partial charge is 0.294 e. The van der Waals surface area contributed by atoms with Crippen LogP contribution in [0.3, 0.4) is 0 Å². The molecule has 0 aromatic heterocycles. The lowest BCUT2D eigenvalue weighted by Gasteiger charge is -2.34. The summed E-state index contributed by atoms with van der Waals surface area (Å²) in [5, 5.41) is 0. The highest BCUT2D eigenvalue weighted by Gasteiger charge is 2.40. The molecule has 1 aliphatic carbocycles. The Morgan fingerprint density at radius 2 is 2.11 bits per heavy atom. The van der Waals surface area contributed by atoms with Crippen molar-refractivity contribution in [3.05, 3.63) is 46.0 Å². The van der Waals surface area contributed by atoms with Crippen LogP contribution >= 0.6 is 15.9 Å². The minimum atomic E-state index is 0.408. The smallest absolute Gasteiger partial charge is 0.0397 e. The topological polar surface area (TPSA) is 3.24 Å². The molecule has 1 aromatic rings. The summed E-state index contributed by atoms with van der Waals surface area (Å²) in [4.78, 5) is 2.73. The van der Waals surface area contributed by atoms with E-state index in [2.05, 4.69) is 58.1 Å². The molecule has 0 radical (unpaired) electrons. The summed E-state index contributed by atoms with van der Waals surface area (Å²) in [6.45, 7) is 4.75. The molecule has 1 aromatic carbocycles. The maximum absolute atomic E-state index is 3.66. The molecule has 2 heteroatoms. The maximum Gasteiger partial charge on any atom is 0.0397 e. The third-order valence-electron chi connectivity index (χ3n) is 4.74. The highest BCUT2D eigenvalue weighted by Crippen LogP contribution is 2.41. The van der Waals surface area contributed by atoms with E-state index in [1.54, 1.807) is 5.57 Å². The fraction of sp³-hybridized carbons (Fsp3) is 0.529. The molecule has 0 unspecified atom stereocenters. The van der Waals surface area contributed by atoms with Crippen molar-refractivity contribution in [1.82, 2.24) is 4.90 Å². The predicted molar refractivity (Wildman–Crippen MR) is 84.4 cm³/mol. The molecule has 1 fully saturated rings. The quantitative estimate of drug-likeness (QED) is 0.738. The van der Waals surface area contributed by atoms with E-state index in [1.807, 2.05) is 0 Å². The van der Waals surface area contributed by atoms with Gasteiger partial charge in [0.25, 0.3) is 0 Å². The van der Waals surface area contributed by atoms with Gasteiger partial charge in [-0.2, -0.15) is 0 Å². The fourth-order valence-electron chi connectivity index (χ4n) is 3.71. The van der Waals surface area contributed by atoms with Gasteiger partial charge in [-0.05, 0) is 57.2 Å². The van der Waals surface area contributed by atoms with Crippen LogP contribution in [0.15, 0.2) is 40.4 Å². The summed E-state index contributed by atoms with van der Waals surface area (Å²) in [5.74, 6) is 0. The number of hydrogen-bond donors (Lipinski definition) is 0. The number of likely N-dealkylation sites (tertiary alicyclic amines) is 1. The minimum absolute atomic E-state index is 0.408. The molecular weight excluding hydrogens is 298 g/mol. The van der Waals surface area contributed by atoms with Gasteiger partial charge in [-0.1, -0.05) is 45.8 Å². The molecule has 2 aliphatic rings. The van der Waals surface area contributed by atoms with Crippen molar-refractivity contribution in [1.29, 1.82) is 0 Å². The molecule has 102 valence electrons. The van der Waals surface area contributed by atoms with E-state index in [-0.39, 0.29) is 0 Å². The predicted octanol–water partition coefficient (Wildman–Crippen LogP) is 4.57. The third kappa shape index (κ3) is 2.66. The van der Waals surface area contributed by atoms with Crippen molar-refractivity contribution in [2.24, 2.45) is 0 Å². The first-order chi connectivity index (χ1) is 9.20. The standard InChI is InChI=1S/C17H22BrN/c1-14-7-10-17(13-14)9-4-11-19(17)12-8-15-5-2-3-6-16(15)18/h2-3,5-6,13H,4,7-12H2,1H3/t17-/m0/s1. The van der Waals surface area contributed by atoms with Crippen LogP contribution in [0.5, 0.6) is 0 Å². The van der Waals surface area contributed by atoms with Crippen LogP contribution < -0.4 is 0 Å². The van der Waals surface area contributed by atoms with Crippen molar-refractivity contribution in [3.63, 3.8) is 0 Å². The Morgan fingerprint density at radius 3 is 2.84 bits per heavy atom. The average molecular weight is 320 g/mol. The van der Waals surface area contributed by atoms with E-state index in [4.69, 9.17) is 0 Å². The number of hydrogen-bond acceptors (Lipinski definition) is 1. The van der Waals surface area contributed by atoms with Gasteiger partial charge in [-0.3, -0.25) is 4.90 Å². The van der Waals surface area contributed by atoms with Gasteiger partial charge in [0.05, 0.1) is 0 Å². The van der Waals surface area contributed by atoms with E-state index < -0.39 is 0 Å². The SMILES string of the molecule is CC1=C[C@]2(CCCN2CCc2ccccc2Br)CC1. The molecule has 19 heavy (non-hydrogen) atoms. The first-order valence-electron chi connectivity index (χ1n) is 7.36. The third-order valence-corrected chi connectivity index (χ3v) is 5.52. The van der Waals surface area contributed by atoms with Gasteiger partial charge < -0.3 is 0 Å². The van der Waals surface area contributed by atoms with E-state index in [0.717, 1.165) is 6.42 Å². The molecule has 0 saturated carbocycles. The molecule has 1 atom stereocenters. The van der Waals surface area contributed by atoms with Crippen molar-refractivity contribution in [2.45, 2.75) is 44.6 Å². The molecule has 0 amide bonds. The zero-order valence-electron chi connectivity index (χ0n) is 11.7. The fourth-order valence-corrected chi connectivity index (χ4v) is 4.19. The summed E-state index contributed by atoms with van der Waals surface area (Å²) in [6, 6.07) is 8.62. The molecule has 0 N–H and O–H groups in total. The van der Waals surface area contributed by atoms with Gasteiger partial charge in [0.2, 0.25) is 0 Å². The monoisotopic (exact) mass is 319 g/mol. The minimum Gasteiger partial charge on any atom is -0.294 e. The van der Waals surface area contributed by atoms with Crippen LogP contribution in [-0.2, 0) is 6.42 Å². The second kappa shape index (κ2) is 5.41. The first-order valence-corrected chi connectivity index (χ1v) is 8.16. The van der Waals surface area contributed by atoms with Gasteiger partial charge in [-0.25, -0.2) is 0 Å². The van der Waals surface area contributed by atoms with Gasteiger partial charge in [0.1, 0.15) is 0 Å². The Labute approximate surface area is 124 Å². The second-order valence-corrected chi connectivity index (χ2v) is 6.88. The van der Waals surface area contributed by atoms with Gasteiger partial charge in [0.15, 0.2) is 0 Å². The number of rotatable bonds is 3. The second-order valence-electron chi connectivity index (χ2n) is 6.03. The van der Waals surface area contributed by atoms with Crippen molar-refractivity contribution >= 4 is 15.9 Å². The zero-order valence-corrected chi connectivity index (χ0v) is 13.2. The van der Waals surface area contributed by atoms with E-state index in [0.29, 0.717) is 5.54 Å². The van der Waals surface area contributed by atoms with Crippen LogP contribution in [0.4, 0.5) is 0 Å². The molecule has 1 aliphatic heterocycles. The Morgan fingerprint density at radius 1 is 1.26 bits per heavy atom. The first kappa shape index (κ1) is 13.4. The summed E-state index contributed by atoms with van der Waals surface area (Å²) < 4.78 is 1.25. The van der Waals surface area contributed by atoms with Gasteiger partial charge in [0, 0.05) is 16.6 Å². The summed E-state index contributed by atoms with van der Waals surface area (Å²) in [6.07, 6.45) is 9.07. The molecule has 0 bridgehead atoms. The van der Waals surface area contributed by atoms with Gasteiger partial charge in [-0.15, -0.1) is 0 Å². The van der Waals surface area contributed by atoms with Crippen LogP contribution in [-0.4, -0.2) is 23.5 Å². The molecule has 1 nitrogen and oxygen atoms in total. The zero-order chi connectivity index (χ0) is 13.3. The summed E-state index contributed by atoms with van der Waals surface area (Å²) in [5.41, 5.74) is 3.43. The Kier molecular flexibility index (Phi) is 3.81. The average Bonchev–Trinajstić information content (AvgIpc) is 2.96. The van der Waals surface area contributed by atoms with Crippen LogP contribution in [0.1, 0.15) is 38.2 Å². The van der Waals surface area contributed by atoms with Crippen LogP contribution in [0, 0.1) is 0 Å². The van der Waals surface area contributed by atoms with Crippen LogP contribution in [0.25, 0.3) is 0 Å². The normalized spacial score (nSPS) is 27.2. The van der Waals surface area contributed by atoms with E-state index in [1.165, 1.54) is 48.8 Å². The van der Waals surface area contributed by atoms with Gasteiger partial charge >= 0.3 is 0 Å². The molecular formula is C17H22BrN. The maximum atomic E-state index is 3.66. The Bertz CT molecular complexity index is 494. The molecule has 1 saturated heterocycles. The van der Waals surface area contributed by atoms with Crippen molar-refractivity contribution in [2.75, 3.05) is 13.1 Å². The van der Waals surface area contributed by atoms with E-state index in [9.17, 15) is 0 Å². The lowest BCUT2D eigenvalue weighted by molar-refractivity contribution is 0.185.